The van der Waals surface area contributed by atoms with Crippen molar-refractivity contribution in [2.75, 3.05) is 13.2 Å². The van der Waals surface area contributed by atoms with Crippen LogP contribution in [-0.2, 0) is 13.6 Å². The summed E-state index contributed by atoms with van der Waals surface area (Å²) in [6, 6.07) is 1.36. The average Bonchev–Trinajstić information content (AvgIpc) is 2.67. The van der Waals surface area contributed by atoms with Crippen molar-refractivity contribution in [2.45, 2.75) is 13.8 Å². The molecule has 6 heteroatoms. The van der Waals surface area contributed by atoms with Gasteiger partial charge in [0.1, 0.15) is 6.26 Å². The van der Waals surface area contributed by atoms with Crippen molar-refractivity contribution in [3.8, 4) is 0 Å². The predicted octanol–water partition coefficient (Wildman–Crippen LogP) is 1.98. The maximum absolute atomic E-state index is 12.1. The number of hydrogen-bond donors (Lipinski definition) is 0. The molecule has 1 aromatic heterocycles. The van der Waals surface area contributed by atoms with Crippen LogP contribution in [0.5, 0.6) is 0 Å². The van der Waals surface area contributed by atoms with E-state index in [4.69, 9.17) is 13.5 Å². The van der Waals surface area contributed by atoms with Crippen molar-refractivity contribution in [1.82, 2.24) is 0 Å². The fourth-order valence-electron chi connectivity index (χ4n) is 1.05. The van der Waals surface area contributed by atoms with Crippen molar-refractivity contribution in [3.63, 3.8) is 0 Å². The second-order valence-corrected chi connectivity index (χ2v) is 4.62. The third-order valence-corrected chi connectivity index (χ3v) is 3.58. The van der Waals surface area contributed by atoms with Gasteiger partial charge in [0.25, 0.3) is 0 Å². The van der Waals surface area contributed by atoms with E-state index in [0.29, 0.717) is 11.8 Å². The molecule has 0 aliphatic heterocycles. The van der Waals surface area contributed by atoms with Gasteiger partial charge in [-0.2, -0.15) is 0 Å². The maximum Gasteiger partial charge on any atom is 0.396 e. The first-order chi connectivity index (χ1) is 7.16. The number of carbonyl (C=O) groups is 1. The van der Waals surface area contributed by atoms with E-state index in [-0.39, 0.29) is 18.7 Å². The van der Waals surface area contributed by atoms with Crippen LogP contribution >= 0.6 is 7.60 Å². The van der Waals surface area contributed by atoms with Gasteiger partial charge in [0.15, 0.2) is 6.29 Å². The molecule has 0 aliphatic rings. The van der Waals surface area contributed by atoms with Gasteiger partial charge in [0, 0.05) is 6.07 Å². The molecule has 0 unspecified atom stereocenters. The zero-order chi connectivity index (χ0) is 11.3. The largest absolute Gasteiger partial charge is 0.456 e. The molecule has 0 amide bonds. The summed E-state index contributed by atoms with van der Waals surface area (Å²) in [7, 11) is -3.39. The van der Waals surface area contributed by atoms with Gasteiger partial charge in [-0.15, -0.1) is 0 Å². The molecular formula is C9H13O5P. The first-order valence-electron chi connectivity index (χ1n) is 4.59. The van der Waals surface area contributed by atoms with Crippen LogP contribution in [0.4, 0.5) is 0 Å². The van der Waals surface area contributed by atoms with E-state index in [2.05, 4.69) is 0 Å². The van der Waals surface area contributed by atoms with E-state index < -0.39 is 7.60 Å². The third kappa shape index (κ3) is 2.78. The highest BCUT2D eigenvalue weighted by molar-refractivity contribution is 7.61. The lowest BCUT2D eigenvalue weighted by molar-refractivity contribution is 0.112. The fourth-order valence-corrected chi connectivity index (χ4v) is 2.55. The van der Waals surface area contributed by atoms with Crippen LogP contribution in [-0.4, -0.2) is 19.5 Å². The van der Waals surface area contributed by atoms with Crippen molar-refractivity contribution in [1.29, 1.82) is 0 Å². The molecule has 0 aliphatic carbocycles. The maximum atomic E-state index is 12.1. The van der Waals surface area contributed by atoms with E-state index in [9.17, 15) is 9.36 Å². The average molecular weight is 232 g/mol. The minimum atomic E-state index is -3.39. The highest BCUT2D eigenvalue weighted by Crippen LogP contribution is 2.46. The second-order valence-electron chi connectivity index (χ2n) is 2.67. The molecule has 0 fully saturated rings. The van der Waals surface area contributed by atoms with E-state index in [1.54, 1.807) is 13.8 Å². The number of hydrogen-bond acceptors (Lipinski definition) is 5. The smallest absolute Gasteiger partial charge is 0.396 e. The molecule has 1 rings (SSSR count). The predicted molar refractivity (Wildman–Crippen MR) is 54.6 cm³/mol. The van der Waals surface area contributed by atoms with Gasteiger partial charge in [-0.05, 0) is 13.8 Å². The molecule has 0 saturated carbocycles. The summed E-state index contributed by atoms with van der Waals surface area (Å²) in [4.78, 5) is 10.4. The lowest BCUT2D eigenvalue weighted by Gasteiger charge is -2.13. The number of rotatable bonds is 6. The third-order valence-electron chi connectivity index (χ3n) is 1.61. The van der Waals surface area contributed by atoms with Gasteiger partial charge in [-0.25, -0.2) is 0 Å². The Labute approximate surface area is 87.9 Å². The van der Waals surface area contributed by atoms with Crippen molar-refractivity contribution in [3.05, 3.63) is 17.9 Å². The zero-order valence-corrected chi connectivity index (χ0v) is 9.53. The van der Waals surface area contributed by atoms with Gasteiger partial charge in [-0.3, -0.25) is 9.36 Å². The Balaban J connectivity index is 2.97. The highest BCUT2D eigenvalue weighted by Gasteiger charge is 2.30. The van der Waals surface area contributed by atoms with Crippen LogP contribution in [0, 0.1) is 0 Å². The molecule has 0 saturated heterocycles. The normalized spacial score (nSPS) is 11.6. The lowest BCUT2D eigenvalue weighted by atomic mass is 10.4. The van der Waals surface area contributed by atoms with Crippen LogP contribution in [0.15, 0.2) is 16.7 Å². The van der Waals surface area contributed by atoms with Crippen LogP contribution in [0.25, 0.3) is 0 Å². The lowest BCUT2D eigenvalue weighted by Crippen LogP contribution is -2.08. The summed E-state index contributed by atoms with van der Waals surface area (Å²) >= 11 is 0. The molecule has 0 aromatic carbocycles. The summed E-state index contributed by atoms with van der Waals surface area (Å²) in [6.45, 7) is 3.90. The van der Waals surface area contributed by atoms with Gasteiger partial charge < -0.3 is 13.5 Å². The minimum absolute atomic E-state index is 0.0632. The summed E-state index contributed by atoms with van der Waals surface area (Å²) in [6.07, 6.45) is 1.82. The van der Waals surface area contributed by atoms with Crippen LogP contribution in [0.3, 0.4) is 0 Å². The minimum Gasteiger partial charge on any atom is -0.456 e. The topological polar surface area (TPSA) is 65.7 Å². The molecular weight excluding hydrogens is 219 g/mol. The Kier molecular flexibility index (Phi) is 4.27. The Morgan fingerprint density at radius 1 is 1.40 bits per heavy atom. The molecule has 15 heavy (non-hydrogen) atoms. The fraction of sp³-hybridized carbons (Fsp3) is 0.444. The van der Waals surface area contributed by atoms with Gasteiger partial charge in [-0.1, -0.05) is 0 Å². The monoisotopic (exact) mass is 232 g/mol. The second kappa shape index (κ2) is 5.26. The SMILES string of the molecule is CCOP(=O)(OCC)c1cc(C=O)co1. The molecule has 84 valence electrons. The molecule has 0 bridgehead atoms. The van der Waals surface area contributed by atoms with E-state index in [0.717, 1.165) is 0 Å². The Bertz CT molecular complexity index is 360. The first-order valence-corrected chi connectivity index (χ1v) is 6.14. The van der Waals surface area contributed by atoms with Crippen molar-refractivity contribution in [2.24, 2.45) is 0 Å². The molecule has 0 radical (unpaired) electrons. The van der Waals surface area contributed by atoms with Gasteiger partial charge in [0.2, 0.25) is 5.50 Å². The van der Waals surface area contributed by atoms with Gasteiger partial charge >= 0.3 is 7.60 Å². The van der Waals surface area contributed by atoms with Crippen LogP contribution < -0.4 is 5.50 Å². The summed E-state index contributed by atoms with van der Waals surface area (Å²) in [5.41, 5.74) is 0.373. The summed E-state index contributed by atoms with van der Waals surface area (Å²) in [5.74, 6) is 0. The highest BCUT2D eigenvalue weighted by atomic mass is 31.2. The molecule has 5 nitrogen and oxygen atoms in total. The molecule has 0 spiro atoms. The Hall–Kier alpha value is -0.900. The molecule has 0 N–H and O–H groups in total. The number of carbonyl (C=O) groups excluding carboxylic acids is 1. The molecule has 0 atom stereocenters. The summed E-state index contributed by atoms with van der Waals surface area (Å²) in [5, 5.41) is 0. The van der Waals surface area contributed by atoms with Crippen LogP contribution in [0.2, 0.25) is 0 Å². The zero-order valence-electron chi connectivity index (χ0n) is 8.63. The van der Waals surface area contributed by atoms with Crippen molar-refractivity contribution >= 4 is 19.4 Å². The molecule has 1 aromatic rings. The van der Waals surface area contributed by atoms with Crippen LogP contribution in [0.1, 0.15) is 24.2 Å². The van der Waals surface area contributed by atoms with E-state index >= 15 is 0 Å². The van der Waals surface area contributed by atoms with E-state index in [1.807, 2.05) is 0 Å². The van der Waals surface area contributed by atoms with Gasteiger partial charge in [0.05, 0.1) is 18.8 Å². The molecule has 1 heterocycles. The standard InChI is InChI=1S/C9H13O5P/c1-3-13-15(11,14-4-2)9-5-8(6-10)7-12-9/h5-7H,3-4H2,1-2H3. The Morgan fingerprint density at radius 3 is 2.40 bits per heavy atom. The number of furan rings is 1. The quantitative estimate of drug-likeness (QED) is 0.554. The van der Waals surface area contributed by atoms with Crippen molar-refractivity contribution < 1.29 is 22.8 Å². The summed E-state index contributed by atoms with van der Waals surface area (Å²) < 4.78 is 27.1. The van der Waals surface area contributed by atoms with E-state index in [1.165, 1.54) is 12.3 Å². The number of aldehydes is 1. The first kappa shape index (κ1) is 12.2. The Morgan fingerprint density at radius 2 is 2.00 bits per heavy atom.